The monoisotopic (exact) mass is 252 g/mol. The largest absolute Gasteiger partial charge is 0.495 e. The number of hydrogen-bond acceptors (Lipinski definition) is 5. The van der Waals surface area contributed by atoms with Crippen molar-refractivity contribution in [1.82, 2.24) is 5.32 Å². The Labute approximate surface area is 104 Å². The van der Waals surface area contributed by atoms with Crippen molar-refractivity contribution in [3.05, 3.63) is 41.1 Å². The number of nitrogens with zero attached hydrogens (tertiary/aromatic N) is 1. The van der Waals surface area contributed by atoms with Crippen LogP contribution in [0.5, 0.6) is 5.75 Å². The smallest absolute Gasteiger partial charge is 0.195 e. The lowest BCUT2D eigenvalue weighted by Crippen LogP contribution is -2.42. The van der Waals surface area contributed by atoms with Gasteiger partial charge in [-0.1, -0.05) is 17.7 Å². The van der Waals surface area contributed by atoms with Crippen LogP contribution in [0.1, 0.15) is 5.56 Å². The molecule has 6 heteroatoms. The van der Waals surface area contributed by atoms with Crippen molar-refractivity contribution in [2.24, 2.45) is 16.5 Å². The summed E-state index contributed by atoms with van der Waals surface area (Å²) in [7, 11) is 1.56. The average molecular weight is 253 g/mol. The Morgan fingerprint density at radius 2 is 2.24 bits per heavy atom. The molecule has 1 unspecified atom stereocenters. The molecule has 0 bridgehead atoms. The van der Waals surface area contributed by atoms with E-state index in [1.54, 1.807) is 37.6 Å². The van der Waals surface area contributed by atoms with E-state index >= 15 is 0 Å². The van der Waals surface area contributed by atoms with Crippen molar-refractivity contribution in [1.29, 1.82) is 0 Å². The number of nitrogens with two attached hydrogens (primary N) is 2. The van der Waals surface area contributed by atoms with E-state index in [2.05, 4.69) is 10.3 Å². The molecule has 0 radical (unpaired) electrons. The zero-order valence-electron chi connectivity index (χ0n) is 9.27. The molecule has 17 heavy (non-hydrogen) atoms. The number of halogens is 1. The van der Waals surface area contributed by atoms with Crippen LogP contribution in [-0.2, 0) is 5.66 Å². The van der Waals surface area contributed by atoms with Crippen molar-refractivity contribution in [3.8, 4) is 5.75 Å². The fourth-order valence-corrected chi connectivity index (χ4v) is 1.86. The van der Waals surface area contributed by atoms with Gasteiger partial charge in [0.2, 0.25) is 0 Å². The summed E-state index contributed by atoms with van der Waals surface area (Å²) in [4.78, 5) is 4.16. The quantitative estimate of drug-likeness (QED) is 0.730. The van der Waals surface area contributed by atoms with Crippen molar-refractivity contribution in [2.75, 3.05) is 7.11 Å². The van der Waals surface area contributed by atoms with Gasteiger partial charge in [-0.25, -0.2) is 4.99 Å². The predicted molar refractivity (Wildman–Crippen MR) is 67.8 cm³/mol. The number of ether oxygens (including phenoxy) is 1. The number of rotatable bonds is 2. The minimum Gasteiger partial charge on any atom is -0.495 e. The third-order valence-electron chi connectivity index (χ3n) is 2.49. The van der Waals surface area contributed by atoms with Gasteiger partial charge < -0.3 is 15.8 Å². The number of benzene rings is 1. The lowest BCUT2D eigenvalue weighted by atomic mass is 10.00. The van der Waals surface area contributed by atoms with E-state index < -0.39 is 5.66 Å². The van der Waals surface area contributed by atoms with Crippen LogP contribution in [0.3, 0.4) is 0 Å². The molecule has 1 aliphatic heterocycles. The minimum atomic E-state index is -0.995. The van der Waals surface area contributed by atoms with Crippen LogP contribution in [0, 0.1) is 0 Å². The Morgan fingerprint density at radius 1 is 1.47 bits per heavy atom. The molecule has 1 aromatic rings. The highest BCUT2D eigenvalue weighted by molar-refractivity contribution is 6.32. The van der Waals surface area contributed by atoms with Gasteiger partial charge in [0.25, 0.3) is 0 Å². The molecule has 0 amide bonds. The molecule has 90 valence electrons. The van der Waals surface area contributed by atoms with Crippen LogP contribution in [0.4, 0.5) is 0 Å². The van der Waals surface area contributed by atoms with Gasteiger partial charge in [0.05, 0.1) is 12.1 Å². The second-order valence-electron chi connectivity index (χ2n) is 3.65. The molecule has 1 atom stereocenters. The Morgan fingerprint density at radius 3 is 2.82 bits per heavy atom. The molecule has 5 N–H and O–H groups in total. The highest BCUT2D eigenvalue weighted by atomic mass is 35.5. The molecule has 0 saturated heterocycles. The van der Waals surface area contributed by atoms with Crippen LogP contribution in [0.2, 0.25) is 5.02 Å². The van der Waals surface area contributed by atoms with Crippen molar-refractivity contribution in [3.63, 3.8) is 0 Å². The first-order chi connectivity index (χ1) is 8.05. The molecule has 1 heterocycles. The Bertz CT molecular complexity index is 500. The van der Waals surface area contributed by atoms with Crippen LogP contribution < -0.4 is 21.5 Å². The van der Waals surface area contributed by atoms with Crippen molar-refractivity contribution in [2.45, 2.75) is 5.66 Å². The molecule has 0 saturated carbocycles. The van der Waals surface area contributed by atoms with Crippen LogP contribution in [0.15, 0.2) is 35.5 Å². The van der Waals surface area contributed by atoms with Crippen LogP contribution in [0.25, 0.3) is 0 Å². The van der Waals surface area contributed by atoms with Crippen molar-refractivity contribution >= 4 is 17.6 Å². The summed E-state index contributed by atoms with van der Waals surface area (Å²) in [6.45, 7) is 0. The molecule has 1 aliphatic rings. The summed E-state index contributed by atoms with van der Waals surface area (Å²) in [5.41, 5.74) is 11.5. The summed E-state index contributed by atoms with van der Waals surface area (Å²) in [5.74, 6) is 0.857. The van der Waals surface area contributed by atoms with E-state index in [0.717, 1.165) is 5.56 Å². The van der Waals surface area contributed by atoms with Gasteiger partial charge in [-0.05, 0) is 23.8 Å². The Balaban J connectivity index is 2.43. The third-order valence-corrected chi connectivity index (χ3v) is 2.78. The van der Waals surface area contributed by atoms with E-state index in [4.69, 9.17) is 27.8 Å². The second-order valence-corrected chi connectivity index (χ2v) is 4.06. The normalized spacial score (nSPS) is 22.9. The maximum absolute atomic E-state index is 6.14. The van der Waals surface area contributed by atoms with E-state index in [1.165, 1.54) is 0 Å². The molecule has 0 fully saturated rings. The highest BCUT2D eigenvalue weighted by Crippen LogP contribution is 2.31. The van der Waals surface area contributed by atoms with E-state index in [-0.39, 0.29) is 5.96 Å². The van der Waals surface area contributed by atoms with E-state index in [0.29, 0.717) is 10.8 Å². The summed E-state index contributed by atoms with van der Waals surface area (Å²) < 4.78 is 5.08. The first-order valence-electron chi connectivity index (χ1n) is 4.97. The molecular formula is C11H13ClN4O. The molecule has 5 nitrogen and oxygen atoms in total. The third kappa shape index (κ3) is 2.20. The first-order valence-corrected chi connectivity index (χ1v) is 5.35. The van der Waals surface area contributed by atoms with E-state index in [9.17, 15) is 0 Å². The second kappa shape index (κ2) is 4.27. The van der Waals surface area contributed by atoms with Crippen LogP contribution in [-0.4, -0.2) is 13.1 Å². The molecule has 0 aliphatic carbocycles. The van der Waals surface area contributed by atoms with Gasteiger partial charge >= 0.3 is 0 Å². The lowest BCUT2D eigenvalue weighted by molar-refractivity contribution is 0.414. The zero-order chi connectivity index (χ0) is 12.5. The SMILES string of the molecule is COc1ccc(C2(N)C=CNC(N)=N2)cc1Cl. The van der Waals surface area contributed by atoms with Gasteiger partial charge in [-0.15, -0.1) is 0 Å². The topological polar surface area (TPSA) is 85.7 Å². The van der Waals surface area contributed by atoms with Gasteiger partial charge in [0.1, 0.15) is 5.75 Å². The number of nitrogens with one attached hydrogen (secondary N) is 1. The van der Waals surface area contributed by atoms with Gasteiger partial charge in [0.15, 0.2) is 11.6 Å². The first kappa shape index (κ1) is 11.8. The molecule has 0 aromatic heterocycles. The molecule has 0 spiro atoms. The Kier molecular flexibility index (Phi) is 2.95. The summed E-state index contributed by atoms with van der Waals surface area (Å²) >= 11 is 6.05. The Hall–Kier alpha value is -1.72. The fraction of sp³-hybridized carbons (Fsp3) is 0.182. The number of hydrogen-bond donors (Lipinski definition) is 3. The highest BCUT2D eigenvalue weighted by Gasteiger charge is 2.26. The predicted octanol–water partition coefficient (Wildman–Crippen LogP) is 0.892. The van der Waals surface area contributed by atoms with E-state index in [1.807, 2.05) is 0 Å². The van der Waals surface area contributed by atoms with Gasteiger partial charge in [0, 0.05) is 6.20 Å². The standard InChI is InChI=1S/C11H13ClN4O/c1-17-9-3-2-7(6-8(9)12)11(14)4-5-15-10(13)16-11/h2-6H,14H2,1H3,(H3,13,15,16). The summed E-state index contributed by atoms with van der Waals surface area (Å²) in [6.07, 6.45) is 3.36. The zero-order valence-corrected chi connectivity index (χ0v) is 10.0. The van der Waals surface area contributed by atoms with Gasteiger partial charge in [-0.2, -0.15) is 0 Å². The maximum Gasteiger partial charge on any atom is 0.195 e. The fourth-order valence-electron chi connectivity index (χ4n) is 1.60. The molecular weight excluding hydrogens is 240 g/mol. The lowest BCUT2D eigenvalue weighted by Gasteiger charge is -2.25. The number of aliphatic imine (C=N–C) groups is 1. The maximum atomic E-state index is 6.14. The number of guanidine groups is 1. The van der Waals surface area contributed by atoms with Crippen molar-refractivity contribution < 1.29 is 4.74 Å². The minimum absolute atomic E-state index is 0.266. The van der Waals surface area contributed by atoms with Gasteiger partial charge in [-0.3, -0.25) is 5.73 Å². The summed E-state index contributed by atoms with van der Waals surface area (Å²) in [6, 6.07) is 5.26. The van der Waals surface area contributed by atoms with Crippen LogP contribution >= 0.6 is 11.6 Å². The summed E-state index contributed by atoms with van der Waals surface area (Å²) in [5, 5.41) is 3.24. The average Bonchev–Trinajstić information content (AvgIpc) is 2.28. The number of methoxy groups -OCH3 is 1. The molecule has 2 rings (SSSR count). The molecule has 1 aromatic carbocycles.